The lowest BCUT2D eigenvalue weighted by Crippen LogP contribution is -2.64. The van der Waals surface area contributed by atoms with Gasteiger partial charge in [-0.25, -0.2) is 4.98 Å². The van der Waals surface area contributed by atoms with Crippen molar-refractivity contribution in [3.63, 3.8) is 0 Å². The van der Waals surface area contributed by atoms with Crippen LogP contribution in [0.5, 0.6) is 0 Å². The summed E-state index contributed by atoms with van der Waals surface area (Å²) in [5, 5.41) is 20.6. The first-order valence-corrected chi connectivity index (χ1v) is 5.85. The minimum absolute atomic E-state index is 0.194. The summed E-state index contributed by atoms with van der Waals surface area (Å²) < 4.78 is 0. The minimum atomic E-state index is -0.728. The van der Waals surface area contributed by atoms with Crippen LogP contribution in [0.25, 0.3) is 0 Å². The molecule has 0 atom stereocenters. The molecule has 0 bridgehead atoms. The quantitative estimate of drug-likeness (QED) is 0.604. The van der Waals surface area contributed by atoms with E-state index in [2.05, 4.69) is 4.98 Å². The van der Waals surface area contributed by atoms with E-state index in [-0.39, 0.29) is 17.4 Å². The smallest absolute Gasteiger partial charge is 0.321 e. The summed E-state index contributed by atoms with van der Waals surface area (Å²) >= 11 is 0. The van der Waals surface area contributed by atoms with Crippen molar-refractivity contribution >= 4 is 11.7 Å². The summed E-state index contributed by atoms with van der Waals surface area (Å²) in [5.41, 5.74) is -0.534. The maximum Gasteiger partial charge on any atom is 0.321 e. The number of aromatic amines is 1. The zero-order valence-corrected chi connectivity index (χ0v) is 9.63. The lowest BCUT2D eigenvalue weighted by molar-refractivity contribution is -0.389. The first-order valence-electron chi connectivity index (χ1n) is 5.85. The van der Waals surface area contributed by atoms with Crippen LogP contribution >= 0.6 is 0 Å². The van der Waals surface area contributed by atoms with Gasteiger partial charge < -0.3 is 20.1 Å². The lowest BCUT2D eigenvalue weighted by atomic mass is 9.88. The summed E-state index contributed by atoms with van der Waals surface area (Å²) in [7, 11) is 0. The monoisotopic (exact) mass is 251 g/mol. The fraction of sp³-hybridized carbons (Fsp3) is 0.545. The molecule has 18 heavy (non-hydrogen) atoms. The minimum Gasteiger partial charge on any atom is -0.386 e. The van der Waals surface area contributed by atoms with Gasteiger partial charge in [-0.15, -0.1) is 0 Å². The number of carbonyl (C=O) groups excluding carboxylic acids is 1. The van der Waals surface area contributed by atoms with E-state index in [9.17, 15) is 20.0 Å². The average Bonchev–Trinajstić information content (AvgIpc) is 3.01. The molecule has 3 rings (SSSR count). The topological polar surface area (TPSA) is 99.5 Å². The van der Waals surface area contributed by atoms with Crippen molar-refractivity contribution < 1.29 is 14.8 Å². The van der Waals surface area contributed by atoms with Crippen LogP contribution in [0.3, 0.4) is 0 Å². The molecule has 1 saturated heterocycles. The Morgan fingerprint density at radius 1 is 1.50 bits per heavy atom. The predicted octanol–water partition coefficient (Wildman–Crippen LogP) is 0.520. The molecule has 0 aromatic carbocycles. The van der Waals surface area contributed by atoms with E-state index in [0.717, 1.165) is 12.8 Å². The van der Waals surface area contributed by atoms with Crippen molar-refractivity contribution in [1.29, 1.82) is 0 Å². The third kappa shape index (κ3) is 1.67. The number of nitro groups is 1. The van der Waals surface area contributed by atoms with Crippen molar-refractivity contribution in [1.82, 2.24) is 9.88 Å². The molecule has 2 fully saturated rings. The van der Waals surface area contributed by atoms with Crippen LogP contribution in [0.15, 0.2) is 12.1 Å². The summed E-state index contributed by atoms with van der Waals surface area (Å²) in [6.07, 6.45) is 2.04. The molecule has 1 aromatic heterocycles. The van der Waals surface area contributed by atoms with Gasteiger partial charge in [-0.3, -0.25) is 4.79 Å². The van der Waals surface area contributed by atoms with Crippen LogP contribution in [0.2, 0.25) is 0 Å². The summed E-state index contributed by atoms with van der Waals surface area (Å²) in [5.74, 6) is -0.177. The lowest BCUT2D eigenvalue weighted by Gasteiger charge is -2.46. The molecule has 0 unspecified atom stereocenters. The molecule has 7 heteroatoms. The Morgan fingerprint density at radius 2 is 2.17 bits per heavy atom. The SMILES string of the molecule is O=C(c1ccc([N+](=O)[O-])[nH]1)N1CC(O)(C2CC2)C1. The Labute approximate surface area is 103 Å². The number of likely N-dealkylation sites (tertiary alicyclic amines) is 1. The third-order valence-corrected chi connectivity index (χ3v) is 3.65. The maximum atomic E-state index is 12.0. The van der Waals surface area contributed by atoms with Gasteiger partial charge >= 0.3 is 5.82 Å². The van der Waals surface area contributed by atoms with Gasteiger partial charge in [-0.1, -0.05) is 0 Å². The highest BCUT2D eigenvalue weighted by atomic mass is 16.6. The fourth-order valence-electron chi connectivity index (χ4n) is 2.42. The number of amides is 1. The van der Waals surface area contributed by atoms with E-state index in [4.69, 9.17) is 0 Å². The van der Waals surface area contributed by atoms with Crippen LogP contribution in [-0.4, -0.2) is 44.5 Å². The van der Waals surface area contributed by atoms with Gasteiger partial charge in [0, 0.05) is 6.07 Å². The molecule has 1 aliphatic carbocycles. The molecule has 1 aliphatic heterocycles. The van der Waals surface area contributed by atoms with Crippen molar-refractivity contribution in [2.24, 2.45) is 5.92 Å². The Bertz CT molecular complexity index is 514. The second-order valence-electron chi connectivity index (χ2n) is 5.05. The standard InChI is InChI=1S/C11H13N3O4/c15-10(8-3-4-9(12-8)14(17)18)13-5-11(16,6-13)7-1-2-7/h3-4,7,12,16H,1-2,5-6H2. The zero-order valence-electron chi connectivity index (χ0n) is 9.63. The largest absolute Gasteiger partial charge is 0.386 e. The van der Waals surface area contributed by atoms with Crippen LogP contribution in [0, 0.1) is 16.0 Å². The molecule has 0 spiro atoms. The van der Waals surface area contributed by atoms with E-state index in [1.807, 2.05) is 0 Å². The molecule has 1 aromatic rings. The first-order chi connectivity index (χ1) is 8.49. The summed E-state index contributed by atoms with van der Waals surface area (Å²) in [6.45, 7) is 0.645. The molecule has 2 heterocycles. The van der Waals surface area contributed by atoms with E-state index in [0.29, 0.717) is 19.0 Å². The molecule has 7 nitrogen and oxygen atoms in total. The molecule has 1 saturated carbocycles. The van der Waals surface area contributed by atoms with Crippen molar-refractivity contribution in [3.8, 4) is 0 Å². The van der Waals surface area contributed by atoms with Gasteiger partial charge in [0.25, 0.3) is 5.91 Å². The fourth-order valence-corrected chi connectivity index (χ4v) is 2.42. The average molecular weight is 251 g/mol. The Balaban J connectivity index is 1.66. The van der Waals surface area contributed by atoms with E-state index < -0.39 is 10.5 Å². The van der Waals surface area contributed by atoms with Gasteiger partial charge in [-0.05, 0) is 29.7 Å². The molecule has 0 radical (unpaired) electrons. The van der Waals surface area contributed by atoms with E-state index >= 15 is 0 Å². The highest BCUT2D eigenvalue weighted by molar-refractivity contribution is 5.93. The van der Waals surface area contributed by atoms with Crippen LogP contribution in [-0.2, 0) is 0 Å². The van der Waals surface area contributed by atoms with E-state index in [1.54, 1.807) is 0 Å². The van der Waals surface area contributed by atoms with Crippen molar-refractivity contribution in [2.75, 3.05) is 13.1 Å². The predicted molar refractivity (Wildman–Crippen MR) is 61.0 cm³/mol. The van der Waals surface area contributed by atoms with Gasteiger partial charge in [0.15, 0.2) is 5.69 Å². The number of aromatic nitrogens is 1. The normalized spacial score (nSPS) is 21.5. The summed E-state index contributed by atoms with van der Waals surface area (Å²) in [6, 6.07) is 2.66. The van der Waals surface area contributed by atoms with Gasteiger partial charge in [-0.2, -0.15) is 0 Å². The first kappa shape index (κ1) is 11.2. The van der Waals surface area contributed by atoms with Gasteiger partial charge in [0.1, 0.15) is 5.60 Å². The molecule has 1 amide bonds. The highest BCUT2D eigenvalue weighted by Gasteiger charge is 2.53. The Hall–Kier alpha value is -1.89. The number of nitrogens with zero attached hydrogens (tertiary/aromatic N) is 2. The van der Waals surface area contributed by atoms with Crippen LogP contribution in [0.4, 0.5) is 5.82 Å². The second kappa shape index (κ2) is 3.55. The van der Waals surface area contributed by atoms with Crippen molar-refractivity contribution in [3.05, 3.63) is 27.9 Å². The molecule has 96 valence electrons. The number of hydrogen-bond acceptors (Lipinski definition) is 4. The second-order valence-corrected chi connectivity index (χ2v) is 5.05. The third-order valence-electron chi connectivity index (χ3n) is 3.65. The molecule has 2 aliphatic rings. The maximum absolute atomic E-state index is 12.0. The molecule has 2 N–H and O–H groups in total. The number of rotatable bonds is 3. The van der Waals surface area contributed by atoms with Gasteiger partial charge in [0.2, 0.25) is 0 Å². The van der Waals surface area contributed by atoms with Crippen LogP contribution in [0.1, 0.15) is 23.3 Å². The number of β-amino-alcohol motifs (C(OH)–C–C–N with tert-alkyl or cyclic N) is 1. The highest BCUT2D eigenvalue weighted by Crippen LogP contribution is 2.44. The Morgan fingerprint density at radius 3 is 2.67 bits per heavy atom. The summed E-state index contributed by atoms with van der Waals surface area (Å²) in [4.78, 5) is 25.8. The van der Waals surface area contributed by atoms with Crippen molar-refractivity contribution in [2.45, 2.75) is 18.4 Å². The number of nitrogens with one attached hydrogen (secondary N) is 1. The Kier molecular flexibility index (Phi) is 2.21. The number of H-pyrrole nitrogens is 1. The number of aliphatic hydroxyl groups is 1. The molecular weight excluding hydrogens is 238 g/mol. The number of hydrogen-bond donors (Lipinski definition) is 2. The number of carbonyl (C=O) groups is 1. The molecular formula is C11H13N3O4. The van der Waals surface area contributed by atoms with Crippen LogP contribution < -0.4 is 0 Å². The zero-order chi connectivity index (χ0) is 12.9. The van der Waals surface area contributed by atoms with Gasteiger partial charge in [0.05, 0.1) is 13.1 Å². The van der Waals surface area contributed by atoms with E-state index in [1.165, 1.54) is 17.0 Å².